The number of rotatable bonds is 3. The fourth-order valence-corrected chi connectivity index (χ4v) is 1.69. The molecule has 2 N–H and O–H groups in total. The van der Waals surface area contributed by atoms with Gasteiger partial charge in [-0.2, -0.15) is 0 Å². The van der Waals surface area contributed by atoms with Gasteiger partial charge in [0.05, 0.1) is 12.0 Å². The van der Waals surface area contributed by atoms with E-state index in [1.165, 1.54) is 18.2 Å². The lowest BCUT2D eigenvalue weighted by Crippen LogP contribution is -2.04. The van der Waals surface area contributed by atoms with Crippen molar-refractivity contribution in [1.82, 2.24) is 0 Å². The molecule has 1 aromatic rings. The zero-order chi connectivity index (χ0) is 10.7. The van der Waals surface area contributed by atoms with Crippen LogP contribution in [0, 0.1) is 3.57 Å². The van der Waals surface area contributed by atoms with E-state index in [0.717, 1.165) is 0 Å². The molecule has 0 unspecified atom stereocenters. The minimum absolute atomic E-state index is 0.0851. The summed E-state index contributed by atoms with van der Waals surface area (Å²) in [5.41, 5.74) is 0.798. The Morgan fingerprint density at radius 1 is 1.29 bits per heavy atom. The van der Waals surface area contributed by atoms with Crippen molar-refractivity contribution in [3.63, 3.8) is 0 Å². The molecule has 0 aromatic heterocycles. The van der Waals surface area contributed by atoms with Crippen LogP contribution in [0.2, 0.25) is 0 Å². The monoisotopic (exact) mass is 306 g/mol. The molecule has 0 aliphatic rings. The first-order valence-electron chi connectivity index (χ1n) is 3.74. The van der Waals surface area contributed by atoms with E-state index in [2.05, 4.69) is 0 Å². The number of carboxylic acids is 2. The van der Waals surface area contributed by atoms with Crippen LogP contribution < -0.4 is 0 Å². The summed E-state index contributed by atoms with van der Waals surface area (Å²) in [5.74, 6) is -1.93. The van der Waals surface area contributed by atoms with E-state index in [1.54, 1.807) is 0 Å². The zero-order valence-corrected chi connectivity index (χ0v) is 9.19. The summed E-state index contributed by atoms with van der Waals surface area (Å²) in [6, 6.07) is 4.39. The van der Waals surface area contributed by atoms with Crippen LogP contribution in [0.15, 0.2) is 18.2 Å². The lowest BCUT2D eigenvalue weighted by molar-refractivity contribution is -0.136. The molecule has 4 nitrogen and oxygen atoms in total. The number of aliphatic carboxylic acids is 1. The maximum absolute atomic E-state index is 10.6. The Morgan fingerprint density at radius 3 is 2.36 bits per heavy atom. The number of carboxylic acid groups (broad SMARTS) is 2. The van der Waals surface area contributed by atoms with E-state index in [1.807, 2.05) is 22.6 Å². The van der Waals surface area contributed by atoms with Crippen molar-refractivity contribution in [2.75, 3.05) is 0 Å². The van der Waals surface area contributed by atoms with Crippen LogP contribution in [0.3, 0.4) is 0 Å². The van der Waals surface area contributed by atoms with Gasteiger partial charge in [0.15, 0.2) is 0 Å². The molecule has 1 rings (SSSR count). The smallest absolute Gasteiger partial charge is 0.335 e. The third-order valence-corrected chi connectivity index (χ3v) is 2.65. The van der Waals surface area contributed by atoms with Gasteiger partial charge in [0.1, 0.15) is 0 Å². The SMILES string of the molecule is O=C(O)Cc1ccc(C(=O)O)cc1I. The average Bonchev–Trinajstić information content (AvgIpc) is 2.07. The zero-order valence-electron chi connectivity index (χ0n) is 7.03. The second kappa shape index (κ2) is 4.41. The minimum Gasteiger partial charge on any atom is -0.481 e. The number of carbonyl (C=O) groups is 2. The van der Waals surface area contributed by atoms with Crippen molar-refractivity contribution in [2.24, 2.45) is 0 Å². The highest BCUT2D eigenvalue weighted by Crippen LogP contribution is 2.15. The highest BCUT2D eigenvalue weighted by Gasteiger charge is 2.08. The molecule has 0 amide bonds. The lowest BCUT2D eigenvalue weighted by atomic mass is 10.1. The van der Waals surface area contributed by atoms with Crippen LogP contribution in [0.5, 0.6) is 0 Å². The fraction of sp³-hybridized carbons (Fsp3) is 0.111. The Balaban J connectivity index is 3.01. The number of aromatic carboxylic acids is 1. The molecular weight excluding hydrogens is 299 g/mol. The third kappa shape index (κ3) is 2.69. The summed E-state index contributed by atoms with van der Waals surface area (Å²) in [6.07, 6.45) is -0.0851. The second-order valence-electron chi connectivity index (χ2n) is 2.68. The van der Waals surface area contributed by atoms with Crippen LogP contribution >= 0.6 is 22.6 Å². The Kier molecular flexibility index (Phi) is 3.45. The number of benzene rings is 1. The maximum Gasteiger partial charge on any atom is 0.335 e. The molecule has 0 saturated heterocycles. The van der Waals surface area contributed by atoms with E-state index in [4.69, 9.17) is 10.2 Å². The number of hydrogen-bond donors (Lipinski definition) is 2. The van der Waals surface area contributed by atoms with E-state index in [-0.39, 0.29) is 12.0 Å². The van der Waals surface area contributed by atoms with Crippen molar-refractivity contribution >= 4 is 34.5 Å². The molecule has 1 aromatic carbocycles. The van der Waals surface area contributed by atoms with Crippen LogP contribution in [-0.2, 0) is 11.2 Å². The van der Waals surface area contributed by atoms with E-state index in [0.29, 0.717) is 9.13 Å². The molecule has 0 spiro atoms. The highest BCUT2D eigenvalue weighted by molar-refractivity contribution is 14.1. The van der Waals surface area contributed by atoms with Gasteiger partial charge in [-0.1, -0.05) is 6.07 Å². The summed E-state index contributed by atoms with van der Waals surface area (Å²) >= 11 is 1.93. The minimum atomic E-state index is -1.01. The Hall–Kier alpha value is -1.11. The predicted octanol–water partition coefficient (Wildman–Crippen LogP) is 1.62. The molecule has 0 heterocycles. The van der Waals surface area contributed by atoms with Crippen molar-refractivity contribution in [3.8, 4) is 0 Å². The summed E-state index contributed by atoms with van der Waals surface area (Å²) in [5, 5.41) is 17.2. The van der Waals surface area contributed by atoms with Gasteiger partial charge < -0.3 is 10.2 Å². The molecule has 0 atom stereocenters. The van der Waals surface area contributed by atoms with E-state index < -0.39 is 11.9 Å². The maximum atomic E-state index is 10.6. The molecule has 0 bridgehead atoms. The molecule has 0 fully saturated rings. The normalized spacial score (nSPS) is 9.79. The summed E-state index contributed by atoms with van der Waals surface area (Å²) in [7, 11) is 0. The Morgan fingerprint density at radius 2 is 1.93 bits per heavy atom. The number of hydrogen-bond acceptors (Lipinski definition) is 2. The number of halogens is 1. The molecule has 0 radical (unpaired) electrons. The van der Waals surface area contributed by atoms with Crippen LogP contribution in [-0.4, -0.2) is 22.2 Å². The average molecular weight is 306 g/mol. The van der Waals surface area contributed by atoms with Gasteiger partial charge >= 0.3 is 11.9 Å². The summed E-state index contributed by atoms with van der Waals surface area (Å²) < 4.78 is 0.657. The van der Waals surface area contributed by atoms with Gasteiger partial charge in [0, 0.05) is 3.57 Å². The first-order valence-corrected chi connectivity index (χ1v) is 4.82. The Labute approximate surface area is 93.7 Å². The molecule has 0 saturated carbocycles. The van der Waals surface area contributed by atoms with Crippen molar-refractivity contribution in [2.45, 2.75) is 6.42 Å². The van der Waals surface area contributed by atoms with Crippen molar-refractivity contribution in [1.29, 1.82) is 0 Å². The quantitative estimate of drug-likeness (QED) is 0.832. The molecule has 14 heavy (non-hydrogen) atoms. The lowest BCUT2D eigenvalue weighted by Gasteiger charge is -2.02. The van der Waals surface area contributed by atoms with Gasteiger partial charge in [0.2, 0.25) is 0 Å². The molecule has 0 aliphatic carbocycles. The molecule has 0 aliphatic heterocycles. The second-order valence-corrected chi connectivity index (χ2v) is 3.84. The Bertz CT molecular complexity index is 386. The van der Waals surface area contributed by atoms with Crippen LogP contribution in [0.25, 0.3) is 0 Å². The first-order chi connectivity index (χ1) is 6.50. The van der Waals surface area contributed by atoms with Gasteiger partial charge in [-0.25, -0.2) is 4.79 Å². The van der Waals surface area contributed by atoms with Gasteiger partial charge in [-0.05, 0) is 40.3 Å². The van der Waals surface area contributed by atoms with Crippen molar-refractivity contribution in [3.05, 3.63) is 32.9 Å². The fourth-order valence-electron chi connectivity index (χ4n) is 0.987. The summed E-state index contributed by atoms with van der Waals surface area (Å²) in [4.78, 5) is 21.0. The first kappa shape index (κ1) is 11.0. The third-order valence-electron chi connectivity index (χ3n) is 1.64. The molecule has 5 heteroatoms. The molecular formula is C9H7IO4. The standard InChI is InChI=1S/C9H7IO4/c10-7-3-6(9(13)14)2-1-5(7)4-8(11)12/h1-3H,4H2,(H,11,12)(H,13,14). The van der Waals surface area contributed by atoms with E-state index >= 15 is 0 Å². The molecule has 74 valence electrons. The topological polar surface area (TPSA) is 74.6 Å². The van der Waals surface area contributed by atoms with Gasteiger partial charge in [-0.15, -0.1) is 0 Å². The van der Waals surface area contributed by atoms with E-state index in [9.17, 15) is 9.59 Å². The largest absolute Gasteiger partial charge is 0.481 e. The van der Waals surface area contributed by atoms with Gasteiger partial charge in [0.25, 0.3) is 0 Å². The summed E-state index contributed by atoms with van der Waals surface area (Å²) in [6.45, 7) is 0. The highest BCUT2D eigenvalue weighted by atomic mass is 127. The van der Waals surface area contributed by atoms with Crippen LogP contribution in [0.4, 0.5) is 0 Å². The van der Waals surface area contributed by atoms with Crippen molar-refractivity contribution < 1.29 is 19.8 Å². The predicted molar refractivity (Wildman–Crippen MR) is 57.5 cm³/mol. The van der Waals surface area contributed by atoms with Crippen LogP contribution in [0.1, 0.15) is 15.9 Å². The van der Waals surface area contributed by atoms with Gasteiger partial charge in [-0.3, -0.25) is 4.79 Å².